The van der Waals surface area contributed by atoms with Crippen LogP contribution in [-0.4, -0.2) is 45.3 Å². The number of H-pyrrole nitrogens is 1. The Labute approximate surface area is 263 Å². The Balaban J connectivity index is 1.07. The zero-order valence-electron chi connectivity index (χ0n) is 25.3. The summed E-state index contributed by atoms with van der Waals surface area (Å²) in [5, 5.41) is 9.55. The molecular formula is C37H40N4O4. The monoisotopic (exact) mass is 604 g/mol. The molecule has 3 atom stereocenters. The predicted octanol–water partition coefficient (Wildman–Crippen LogP) is 5.83. The van der Waals surface area contributed by atoms with E-state index in [0.29, 0.717) is 6.54 Å². The number of nitrogens with zero attached hydrogens (tertiary/aromatic N) is 2. The highest BCUT2D eigenvalue weighted by atomic mass is 16.7. The maximum absolute atomic E-state index is 12.8. The first-order valence-corrected chi connectivity index (χ1v) is 15.9. The molecule has 8 nitrogen and oxygen atoms in total. The standard InChI is InChI=1S/C37H40N4O4/c38-22-26-4-3-5-30(20-26)27-12-14-29(15-13-27)36-44-32(21-35(45-36)28-10-8-25(24-42)9-11-28)23-40-18-16-31(17-19-40)41-34-7-2-1-6-33(34)39-37(41)43/h1-15,20,31-32,35-36,42H,16-19,21-24,38H2,(H,39,43). The SMILES string of the molecule is NCc1cccc(-c2ccc(C3OC(CN4CCC(n5c(=O)[nH]c6ccccc65)CC4)CC(c4ccc(CO)cc4)O3)cc2)c1. The van der Waals surface area contributed by atoms with Crippen molar-refractivity contribution in [3.05, 3.63) is 130 Å². The van der Waals surface area contributed by atoms with Crippen molar-refractivity contribution in [2.75, 3.05) is 19.6 Å². The molecule has 3 unspecified atom stereocenters. The Morgan fingerprint density at radius 1 is 0.822 bits per heavy atom. The molecule has 0 radical (unpaired) electrons. The molecule has 3 heterocycles. The van der Waals surface area contributed by atoms with Gasteiger partial charge in [-0.3, -0.25) is 4.57 Å². The number of para-hydroxylation sites is 2. The summed E-state index contributed by atoms with van der Waals surface area (Å²) >= 11 is 0. The van der Waals surface area contributed by atoms with Crippen molar-refractivity contribution >= 4 is 11.0 Å². The number of hydrogen-bond donors (Lipinski definition) is 3. The summed E-state index contributed by atoms with van der Waals surface area (Å²) in [6.07, 6.45) is 1.89. The van der Waals surface area contributed by atoms with E-state index in [1.165, 1.54) is 0 Å². The molecule has 2 saturated heterocycles. The Kier molecular flexibility index (Phi) is 8.65. The van der Waals surface area contributed by atoms with Gasteiger partial charge in [-0.1, -0.05) is 78.9 Å². The minimum Gasteiger partial charge on any atom is -0.392 e. The molecule has 0 saturated carbocycles. The lowest BCUT2D eigenvalue weighted by Gasteiger charge is -2.40. The quantitative estimate of drug-likeness (QED) is 0.206. The van der Waals surface area contributed by atoms with Crippen molar-refractivity contribution < 1.29 is 14.6 Å². The van der Waals surface area contributed by atoms with Gasteiger partial charge in [-0.25, -0.2) is 4.79 Å². The number of aromatic nitrogens is 2. The zero-order valence-corrected chi connectivity index (χ0v) is 25.3. The molecule has 232 valence electrons. The highest BCUT2D eigenvalue weighted by Crippen LogP contribution is 2.39. The first-order chi connectivity index (χ1) is 22.1. The van der Waals surface area contributed by atoms with Gasteiger partial charge in [-0.15, -0.1) is 0 Å². The van der Waals surface area contributed by atoms with Crippen LogP contribution in [0.25, 0.3) is 22.2 Å². The third-order valence-corrected chi connectivity index (χ3v) is 9.30. The maximum atomic E-state index is 12.8. The van der Waals surface area contributed by atoms with E-state index in [9.17, 15) is 9.90 Å². The predicted molar refractivity (Wildman–Crippen MR) is 175 cm³/mol. The van der Waals surface area contributed by atoms with Crippen LogP contribution in [0.4, 0.5) is 0 Å². The molecule has 5 aromatic rings. The second kappa shape index (κ2) is 13.1. The number of piperidine rings is 1. The fourth-order valence-electron chi connectivity index (χ4n) is 6.83. The summed E-state index contributed by atoms with van der Waals surface area (Å²) in [7, 11) is 0. The van der Waals surface area contributed by atoms with Crippen LogP contribution in [0.2, 0.25) is 0 Å². The summed E-state index contributed by atoms with van der Waals surface area (Å²) < 4.78 is 15.2. The number of aromatic amines is 1. The van der Waals surface area contributed by atoms with Gasteiger partial charge in [0.15, 0.2) is 6.29 Å². The first kappa shape index (κ1) is 29.6. The van der Waals surface area contributed by atoms with Gasteiger partial charge >= 0.3 is 5.69 Å². The fourth-order valence-corrected chi connectivity index (χ4v) is 6.83. The summed E-state index contributed by atoms with van der Waals surface area (Å²) in [6, 6.07) is 32.8. The summed E-state index contributed by atoms with van der Waals surface area (Å²) in [5.74, 6) is 0. The number of nitrogens with one attached hydrogen (secondary N) is 1. The summed E-state index contributed by atoms with van der Waals surface area (Å²) in [4.78, 5) is 18.3. The second-order valence-electron chi connectivity index (χ2n) is 12.2. The van der Waals surface area contributed by atoms with E-state index in [-0.39, 0.29) is 30.5 Å². The van der Waals surface area contributed by atoms with Gasteiger partial charge in [0, 0.05) is 44.2 Å². The molecule has 0 aliphatic carbocycles. The van der Waals surface area contributed by atoms with Gasteiger partial charge in [0.05, 0.1) is 29.8 Å². The first-order valence-electron chi connectivity index (χ1n) is 15.9. The number of rotatable bonds is 8. The molecule has 1 aromatic heterocycles. The van der Waals surface area contributed by atoms with Gasteiger partial charge in [-0.2, -0.15) is 0 Å². The Bertz CT molecular complexity index is 1790. The van der Waals surface area contributed by atoms with E-state index in [4.69, 9.17) is 15.2 Å². The molecule has 2 fully saturated rings. The zero-order chi connectivity index (χ0) is 30.8. The van der Waals surface area contributed by atoms with Crippen molar-refractivity contribution in [2.24, 2.45) is 5.73 Å². The number of hydrogen-bond acceptors (Lipinski definition) is 6. The van der Waals surface area contributed by atoms with Gasteiger partial charge in [-0.05, 0) is 58.9 Å². The fraction of sp³-hybridized carbons (Fsp3) is 0.324. The molecular weight excluding hydrogens is 564 g/mol. The van der Waals surface area contributed by atoms with Crippen molar-refractivity contribution in [1.29, 1.82) is 0 Å². The third kappa shape index (κ3) is 6.38. The number of nitrogens with two attached hydrogens (primary N) is 1. The third-order valence-electron chi connectivity index (χ3n) is 9.30. The average molecular weight is 605 g/mol. The second-order valence-corrected chi connectivity index (χ2v) is 12.2. The largest absolute Gasteiger partial charge is 0.392 e. The van der Waals surface area contributed by atoms with Crippen LogP contribution < -0.4 is 11.4 Å². The van der Waals surface area contributed by atoms with E-state index in [0.717, 1.165) is 83.3 Å². The minimum atomic E-state index is -0.502. The molecule has 7 rings (SSSR count). The highest BCUT2D eigenvalue weighted by molar-refractivity contribution is 5.75. The van der Waals surface area contributed by atoms with Crippen molar-refractivity contribution in [2.45, 2.75) is 57.0 Å². The molecule has 0 amide bonds. The molecule has 2 aliphatic rings. The van der Waals surface area contributed by atoms with E-state index in [1.807, 2.05) is 65.2 Å². The molecule has 4 aromatic carbocycles. The van der Waals surface area contributed by atoms with Crippen LogP contribution >= 0.6 is 0 Å². The summed E-state index contributed by atoms with van der Waals surface area (Å²) in [6.45, 7) is 3.12. The van der Waals surface area contributed by atoms with Crippen molar-refractivity contribution in [1.82, 2.24) is 14.5 Å². The topological polar surface area (TPSA) is 106 Å². The molecule has 0 bridgehead atoms. The molecule has 2 aliphatic heterocycles. The van der Waals surface area contributed by atoms with Crippen LogP contribution in [0.5, 0.6) is 0 Å². The van der Waals surface area contributed by atoms with Gasteiger partial charge in [0.2, 0.25) is 0 Å². The van der Waals surface area contributed by atoms with Gasteiger partial charge < -0.3 is 30.2 Å². The Morgan fingerprint density at radius 3 is 2.33 bits per heavy atom. The lowest BCUT2D eigenvalue weighted by molar-refractivity contribution is -0.253. The van der Waals surface area contributed by atoms with Crippen molar-refractivity contribution in [3.63, 3.8) is 0 Å². The number of benzene rings is 4. The number of imidazole rings is 1. The molecule has 0 spiro atoms. The maximum Gasteiger partial charge on any atom is 0.326 e. The summed E-state index contributed by atoms with van der Waals surface area (Å²) in [5.41, 5.74) is 14.0. The average Bonchev–Trinajstić information content (AvgIpc) is 3.44. The lowest BCUT2D eigenvalue weighted by Crippen LogP contribution is -2.43. The molecule has 8 heteroatoms. The van der Waals surface area contributed by atoms with Crippen LogP contribution in [0.15, 0.2) is 102 Å². The smallest absolute Gasteiger partial charge is 0.326 e. The van der Waals surface area contributed by atoms with Crippen LogP contribution in [0, 0.1) is 0 Å². The molecule has 45 heavy (non-hydrogen) atoms. The molecule has 4 N–H and O–H groups in total. The van der Waals surface area contributed by atoms with Crippen molar-refractivity contribution in [3.8, 4) is 11.1 Å². The number of aliphatic hydroxyl groups is 1. The van der Waals surface area contributed by atoms with Gasteiger partial charge in [0.1, 0.15) is 0 Å². The normalized spacial score (nSPS) is 21.3. The van der Waals surface area contributed by atoms with Crippen LogP contribution in [0.1, 0.15) is 60.0 Å². The number of likely N-dealkylation sites (tertiary alicyclic amines) is 1. The Morgan fingerprint density at radius 2 is 1.58 bits per heavy atom. The van der Waals surface area contributed by atoms with E-state index in [1.54, 1.807) is 0 Å². The van der Waals surface area contributed by atoms with Crippen LogP contribution in [0.3, 0.4) is 0 Å². The minimum absolute atomic E-state index is 0.0152. The lowest BCUT2D eigenvalue weighted by atomic mass is 9.98. The van der Waals surface area contributed by atoms with Crippen LogP contribution in [-0.2, 0) is 22.6 Å². The number of fused-ring (bicyclic) bond motifs is 1. The van der Waals surface area contributed by atoms with E-state index < -0.39 is 6.29 Å². The Hall–Kier alpha value is -4.05. The number of ether oxygens (including phenoxy) is 2. The highest BCUT2D eigenvalue weighted by Gasteiger charge is 2.34. The van der Waals surface area contributed by atoms with E-state index in [2.05, 4.69) is 46.3 Å². The number of aliphatic hydroxyl groups excluding tert-OH is 1. The van der Waals surface area contributed by atoms with E-state index >= 15 is 0 Å². The van der Waals surface area contributed by atoms with Gasteiger partial charge in [0.25, 0.3) is 0 Å².